The van der Waals surface area contributed by atoms with Crippen LogP contribution >= 0.6 is 0 Å². The monoisotopic (exact) mass is 173 g/mol. The average Bonchev–Trinajstić information content (AvgIpc) is 2.02. The van der Waals surface area contributed by atoms with Crippen LogP contribution in [-0.2, 0) is 4.79 Å². The predicted molar refractivity (Wildman–Crippen MR) is 48.8 cm³/mol. The first-order valence-corrected chi connectivity index (χ1v) is 4.43. The van der Waals surface area contributed by atoms with Crippen molar-refractivity contribution in [3.8, 4) is 0 Å². The van der Waals surface area contributed by atoms with Crippen molar-refractivity contribution in [2.24, 2.45) is 5.73 Å². The number of ketones is 1. The molecule has 0 fully saturated rings. The second-order valence-corrected chi connectivity index (χ2v) is 3.39. The molecular weight excluding hydrogens is 154 g/mol. The van der Waals surface area contributed by atoms with Crippen LogP contribution in [0.4, 0.5) is 0 Å². The molecule has 0 aliphatic heterocycles. The van der Waals surface area contributed by atoms with Crippen LogP contribution in [0.1, 0.15) is 39.5 Å². The number of nitrogens with two attached hydrogens (primary N) is 1. The van der Waals surface area contributed by atoms with Crippen molar-refractivity contribution in [2.45, 2.75) is 45.1 Å². The van der Waals surface area contributed by atoms with Gasteiger partial charge < -0.3 is 15.6 Å². The summed E-state index contributed by atoms with van der Waals surface area (Å²) in [7, 11) is 0. The molecule has 1 unspecified atom stereocenters. The summed E-state index contributed by atoms with van der Waals surface area (Å²) in [6.07, 6.45) is 2.58. The molecule has 0 radical (unpaired) electrons. The Morgan fingerprint density at radius 3 is 2.42 bits per heavy atom. The number of Topliss-reactive ketones (excluding diaryl/α,β-unsaturated/α-hetero) is 1. The van der Waals surface area contributed by atoms with E-state index in [9.17, 15) is 4.79 Å². The summed E-state index contributed by atoms with van der Waals surface area (Å²) in [6, 6.07) is 0. The first kappa shape index (κ1) is 11.6. The second kappa shape index (κ2) is 5.27. The molecule has 0 aliphatic carbocycles. The summed E-state index contributed by atoms with van der Waals surface area (Å²) < 4.78 is 0. The minimum absolute atomic E-state index is 0.0994. The zero-order chi connectivity index (χ0) is 9.61. The van der Waals surface area contributed by atoms with Crippen LogP contribution in [0.15, 0.2) is 0 Å². The Balaban J connectivity index is 3.86. The van der Waals surface area contributed by atoms with Gasteiger partial charge in [0.15, 0.2) is 0 Å². The van der Waals surface area contributed by atoms with Crippen LogP contribution in [0, 0.1) is 0 Å². The Kier molecular flexibility index (Phi) is 5.09. The fourth-order valence-electron chi connectivity index (χ4n) is 1.13. The van der Waals surface area contributed by atoms with E-state index in [4.69, 9.17) is 10.8 Å². The van der Waals surface area contributed by atoms with Crippen LogP contribution in [0.2, 0.25) is 0 Å². The quantitative estimate of drug-likeness (QED) is 0.625. The van der Waals surface area contributed by atoms with Gasteiger partial charge in [0.05, 0.1) is 0 Å². The maximum atomic E-state index is 10.7. The highest BCUT2D eigenvalue weighted by atomic mass is 16.3. The van der Waals surface area contributed by atoms with Crippen molar-refractivity contribution in [1.29, 1.82) is 0 Å². The van der Waals surface area contributed by atoms with Gasteiger partial charge in [-0.2, -0.15) is 0 Å². The van der Waals surface area contributed by atoms with E-state index >= 15 is 0 Å². The van der Waals surface area contributed by atoms with Gasteiger partial charge in [-0.1, -0.05) is 6.92 Å². The van der Waals surface area contributed by atoms with E-state index in [2.05, 4.69) is 0 Å². The van der Waals surface area contributed by atoms with Crippen molar-refractivity contribution < 1.29 is 9.90 Å². The highest BCUT2D eigenvalue weighted by molar-refractivity contribution is 5.75. The highest BCUT2D eigenvalue weighted by Crippen LogP contribution is 2.17. The van der Waals surface area contributed by atoms with E-state index in [-0.39, 0.29) is 17.9 Å². The lowest BCUT2D eigenvalue weighted by atomic mass is 9.88. The van der Waals surface area contributed by atoms with Gasteiger partial charge in [-0.25, -0.2) is 0 Å². The third kappa shape index (κ3) is 4.46. The number of carbonyl (C=O) groups is 1. The van der Waals surface area contributed by atoms with E-state index in [1.165, 1.54) is 0 Å². The number of aliphatic hydroxyl groups excluding tert-OH is 1. The van der Waals surface area contributed by atoms with Crippen molar-refractivity contribution in [3.05, 3.63) is 0 Å². The first-order valence-electron chi connectivity index (χ1n) is 4.43. The van der Waals surface area contributed by atoms with Gasteiger partial charge in [0.2, 0.25) is 0 Å². The van der Waals surface area contributed by atoms with Gasteiger partial charge in [0, 0.05) is 18.6 Å². The molecule has 0 aromatic rings. The molecule has 0 aromatic heterocycles. The molecule has 0 aromatic carbocycles. The summed E-state index contributed by atoms with van der Waals surface area (Å²) in [6.45, 7) is 3.65. The maximum Gasteiger partial charge on any atom is 0.129 e. The van der Waals surface area contributed by atoms with E-state index in [0.717, 1.165) is 6.42 Å². The van der Waals surface area contributed by atoms with Gasteiger partial charge in [-0.05, 0) is 26.2 Å². The normalized spacial score (nSPS) is 15.7. The number of aliphatic hydroxyl groups is 1. The summed E-state index contributed by atoms with van der Waals surface area (Å²) in [5.41, 5.74) is 5.60. The van der Waals surface area contributed by atoms with Gasteiger partial charge in [0.25, 0.3) is 0 Å². The Bertz CT molecular complexity index is 147. The molecular formula is C9H19NO2. The molecule has 72 valence electrons. The molecule has 12 heavy (non-hydrogen) atoms. The molecule has 0 aliphatic rings. The first-order chi connectivity index (χ1) is 5.54. The Labute approximate surface area is 74.0 Å². The maximum absolute atomic E-state index is 10.7. The SMILES string of the molecule is CCC(N)(CCO)CCC(C)=O. The van der Waals surface area contributed by atoms with E-state index in [0.29, 0.717) is 19.3 Å². The number of rotatable bonds is 6. The lowest BCUT2D eigenvalue weighted by Gasteiger charge is -2.26. The average molecular weight is 173 g/mol. The van der Waals surface area contributed by atoms with Gasteiger partial charge in [0.1, 0.15) is 5.78 Å². The van der Waals surface area contributed by atoms with Gasteiger partial charge in [-0.15, -0.1) is 0 Å². The van der Waals surface area contributed by atoms with Gasteiger partial charge in [-0.3, -0.25) is 0 Å². The van der Waals surface area contributed by atoms with Crippen LogP contribution in [0.3, 0.4) is 0 Å². The standard InChI is InChI=1S/C9H19NO2/c1-3-9(10,6-7-11)5-4-8(2)12/h11H,3-7,10H2,1-2H3. The Hall–Kier alpha value is -0.410. The molecule has 0 heterocycles. The lowest BCUT2D eigenvalue weighted by Crippen LogP contribution is -2.40. The fraction of sp³-hybridized carbons (Fsp3) is 0.889. The van der Waals surface area contributed by atoms with Gasteiger partial charge >= 0.3 is 0 Å². The van der Waals surface area contributed by atoms with Crippen molar-refractivity contribution in [2.75, 3.05) is 6.61 Å². The van der Waals surface area contributed by atoms with Crippen LogP contribution < -0.4 is 5.73 Å². The molecule has 3 N–H and O–H groups in total. The topological polar surface area (TPSA) is 63.3 Å². The minimum Gasteiger partial charge on any atom is -0.396 e. The molecule has 3 heteroatoms. The summed E-state index contributed by atoms with van der Waals surface area (Å²) in [5, 5.41) is 8.73. The van der Waals surface area contributed by atoms with Crippen molar-refractivity contribution in [1.82, 2.24) is 0 Å². The number of hydrogen-bond acceptors (Lipinski definition) is 3. The molecule has 3 nitrogen and oxygen atoms in total. The smallest absolute Gasteiger partial charge is 0.129 e. The molecule has 1 atom stereocenters. The molecule has 0 rings (SSSR count). The number of carbonyl (C=O) groups excluding carboxylic acids is 1. The predicted octanol–water partition coefficient (Wildman–Crippen LogP) is 0.846. The Morgan fingerprint density at radius 1 is 1.50 bits per heavy atom. The minimum atomic E-state index is -0.347. The Morgan fingerprint density at radius 2 is 2.08 bits per heavy atom. The zero-order valence-electron chi connectivity index (χ0n) is 7.97. The summed E-state index contributed by atoms with van der Waals surface area (Å²) in [4.78, 5) is 10.7. The second-order valence-electron chi connectivity index (χ2n) is 3.39. The van der Waals surface area contributed by atoms with Crippen LogP contribution in [0.25, 0.3) is 0 Å². The molecule has 0 spiro atoms. The van der Waals surface area contributed by atoms with Crippen LogP contribution in [0.5, 0.6) is 0 Å². The van der Waals surface area contributed by atoms with Crippen LogP contribution in [-0.4, -0.2) is 23.0 Å². The molecule has 0 amide bonds. The summed E-state index contributed by atoms with van der Waals surface area (Å²) in [5.74, 6) is 0.163. The molecule has 0 bridgehead atoms. The largest absolute Gasteiger partial charge is 0.396 e. The third-order valence-corrected chi connectivity index (χ3v) is 2.29. The molecule has 0 saturated carbocycles. The van der Waals surface area contributed by atoms with E-state index < -0.39 is 0 Å². The summed E-state index contributed by atoms with van der Waals surface area (Å²) >= 11 is 0. The van der Waals surface area contributed by atoms with Crippen molar-refractivity contribution >= 4 is 5.78 Å². The fourth-order valence-corrected chi connectivity index (χ4v) is 1.13. The zero-order valence-corrected chi connectivity index (χ0v) is 7.97. The van der Waals surface area contributed by atoms with E-state index in [1.54, 1.807) is 6.92 Å². The molecule has 0 saturated heterocycles. The van der Waals surface area contributed by atoms with Crippen molar-refractivity contribution in [3.63, 3.8) is 0 Å². The van der Waals surface area contributed by atoms with E-state index in [1.807, 2.05) is 6.92 Å². The highest BCUT2D eigenvalue weighted by Gasteiger charge is 2.21. The third-order valence-electron chi connectivity index (χ3n) is 2.29. The lowest BCUT2D eigenvalue weighted by molar-refractivity contribution is -0.117. The number of hydrogen-bond donors (Lipinski definition) is 2.